The molecule has 112 valence electrons. The van der Waals surface area contributed by atoms with Crippen molar-refractivity contribution in [2.75, 3.05) is 11.1 Å². The molecule has 0 bridgehead atoms. The molecule has 2 N–H and O–H groups in total. The molecule has 2 aliphatic rings. The first-order valence-corrected chi connectivity index (χ1v) is 7.65. The van der Waals surface area contributed by atoms with Crippen molar-refractivity contribution in [3.63, 3.8) is 0 Å². The standard InChI is InChI=1S/C13H10ClN5O2S/c14-7-1-3-8(4-2-7)16-10(20)6-22-13-17-11-9(5-15-19-11)12(21)18-13/h1-5,11H,6H2,(H,16,20)(H,17,18,21). The Bertz CT molecular complexity index is 714. The molecule has 3 rings (SSSR count). The number of carbonyl (C=O) groups excluding carboxylic acids is 2. The van der Waals surface area contributed by atoms with Crippen LogP contribution in [0.25, 0.3) is 0 Å². The number of rotatable bonds is 3. The number of hydrogen-bond donors (Lipinski definition) is 2. The molecule has 0 aliphatic carbocycles. The summed E-state index contributed by atoms with van der Waals surface area (Å²) in [5.41, 5.74) is 1.06. The van der Waals surface area contributed by atoms with Gasteiger partial charge in [0.05, 0.1) is 17.5 Å². The lowest BCUT2D eigenvalue weighted by Gasteiger charge is -2.16. The number of hydrogen-bond acceptors (Lipinski definition) is 6. The normalized spacial score (nSPS) is 19.1. The van der Waals surface area contributed by atoms with Gasteiger partial charge in [-0.25, -0.2) is 4.99 Å². The van der Waals surface area contributed by atoms with E-state index >= 15 is 0 Å². The fraction of sp³-hybridized carbons (Fsp3) is 0.154. The van der Waals surface area contributed by atoms with Gasteiger partial charge < -0.3 is 10.6 Å². The summed E-state index contributed by atoms with van der Waals surface area (Å²) in [4.78, 5) is 27.8. The zero-order valence-corrected chi connectivity index (χ0v) is 12.7. The van der Waals surface area contributed by atoms with Gasteiger partial charge in [-0.1, -0.05) is 23.4 Å². The Morgan fingerprint density at radius 2 is 2.14 bits per heavy atom. The summed E-state index contributed by atoms with van der Waals surface area (Å²) in [7, 11) is 0. The average molecular weight is 336 g/mol. The molecular formula is C13H10ClN5O2S. The van der Waals surface area contributed by atoms with E-state index in [0.717, 1.165) is 11.8 Å². The quantitative estimate of drug-likeness (QED) is 0.886. The van der Waals surface area contributed by atoms with E-state index in [1.165, 1.54) is 6.20 Å². The number of benzene rings is 1. The van der Waals surface area contributed by atoms with Gasteiger partial charge in [0, 0.05) is 10.7 Å². The maximum absolute atomic E-state index is 11.9. The number of thioether (sulfide) groups is 1. The fourth-order valence-electron chi connectivity index (χ4n) is 1.81. The van der Waals surface area contributed by atoms with Crippen LogP contribution in [0.5, 0.6) is 0 Å². The summed E-state index contributed by atoms with van der Waals surface area (Å²) in [6, 6.07) is 6.80. The molecule has 0 spiro atoms. The zero-order chi connectivity index (χ0) is 15.5. The lowest BCUT2D eigenvalue weighted by molar-refractivity contribution is -0.116. The minimum absolute atomic E-state index is 0.116. The Kier molecular flexibility index (Phi) is 4.21. The highest BCUT2D eigenvalue weighted by molar-refractivity contribution is 8.14. The highest BCUT2D eigenvalue weighted by Gasteiger charge is 2.29. The molecule has 0 aromatic heterocycles. The number of carbonyl (C=O) groups is 2. The lowest BCUT2D eigenvalue weighted by atomic mass is 10.2. The third-order valence-electron chi connectivity index (χ3n) is 2.84. The van der Waals surface area contributed by atoms with Crippen LogP contribution < -0.4 is 10.6 Å². The minimum Gasteiger partial charge on any atom is -0.325 e. The van der Waals surface area contributed by atoms with Gasteiger partial charge in [-0.3, -0.25) is 9.59 Å². The number of fused-ring (bicyclic) bond motifs is 1. The van der Waals surface area contributed by atoms with Gasteiger partial charge in [-0.05, 0) is 24.3 Å². The molecule has 9 heteroatoms. The summed E-state index contributed by atoms with van der Waals surface area (Å²) in [5.74, 6) is -0.380. The highest BCUT2D eigenvalue weighted by atomic mass is 35.5. The summed E-state index contributed by atoms with van der Waals surface area (Å²) in [6.07, 6.45) is 0.800. The number of aliphatic imine (C=N–C) groups is 1. The molecule has 1 unspecified atom stereocenters. The second-order valence-corrected chi connectivity index (χ2v) is 5.82. The summed E-state index contributed by atoms with van der Waals surface area (Å²) >= 11 is 6.91. The van der Waals surface area contributed by atoms with Crippen LogP contribution in [0, 0.1) is 0 Å². The molecule has 1 aromatic rings. The summed E-state index contributed by atoms with van der Waals surface area (Å²) < 4.78 is 0. The maximum atomic E-state index is 11.9. The van der Waals surface area contributed by atoms with Crippen LogP contribution in [0.4, 0.5) is 5.69 Å². The Morgan fingerprint density at radius 1 is 1.36 bits per heavy atom. The van der Waals surface area contributed by atoms with Crippen LogP contribution in [-0.2, 0) is 9.59 Å². The number of amidine groups is 1. The number of anilines is 1. The second-order valence-electron chi connectivity index (χ2n) is 4.42. The number of amides is 2. The van der Waals surface area contributed by atoms with Crippen molar-refractivity contribution < 1.29 is 9.59 Å². The van der Waals surface area contributed by atoms with Crippen molar-refractivity contribution in [1.29, 1.82) is 0 Å². The molecule has 7 nitrogen and oxygen atoms in total. The Labute approximate surface area is 134 Å². The first kappa shape index (κ1) is 14.7. The first-order chi connectivity index (χ1) is 10.6. The van der Waals surface area contributed by atoms with Gasteiger partial charge in [-0.15, -0.1) is 0 Å². The van der Waals surface area contributed by atoms with E-state index in [1.807, 2.05) is 0 Å². The van der Waals surface area contributed by atoms with Gasteiger partial charge >= 0.3 is 0 Å². The van der Waals surface area contributed by atoms with Gasteiger partial charge in [0.2, 0.25) is 5.91 Å². The average Bonchev–Trinajstić information content (AvgIpc) is 2.97. The number of halogens is 1. The van der Waals surface area contributed by atoms with Crippen molar-refractivity contribution in [2.45, 2.75) is 6.17 Å². The molecule has 0 saturated carbocycles. The zero-order valence-electron chi connectivity index (χ0n) is 11.1. The lowest BCUT2D eigenvalue weighted by Crippen LogP contribution is -2.38. The second kappa shape index (κ2) is 6.29. The Morgan fingerprint density at radius 3 is 2.91 bits per heavy atom. The summed E-state index contributed by atoms with van der Waals surface area (Å²) in [6.45, 7) is 0. The molecule has 0 radical (unpaired) electrons. The molecule has 2 aliphatic heterocycles. The predicted molar refractivity (Wildman–Crippen MR) is 84.8 cm³/mol. The topological polar surface area (TPSA) is 95.3 Å². The Balaban J connectivity index is 1.55. The van der Waals surface area contributed by atoms with Crippen LogP contribution in [0.3, 0.4) is 0 Å². The third kappa shape index (κ3) is 3.34. The van der Waals surface area contributed by atoms with Gasteiger partial charge in [0.25, 0.3) is 5.91 Å². The van der Waals surface area contributed by atoms with Gasteiger partial charge in [-0.2, -0.15) is 10.2 Å². The molecular weight excluding hydrogens is 326 g/mol. The van der Waals surface area contributed by atoms with Crippen LogP contribution in [-0.4, -0.2) is 28.9 Å². The molecule has 1 atom stereocenters. The number of nitrogens with one attached hydrogen (secondary N) is 2. The van der Waals surface area contributed by atoms with Crippen LogP contribution >= 0.6 is 23.4 Å². The van der Waals surface area contributed by atoms with Crippen LogP contribution in [0.2, 0.25) is 5.02 Å². The predicted octanol–water partition coefficient (Wildman–Crippen LogP) is 2.17. The molecule has 22 heavy (non-hydrogen) atoms. The van der Waals surface area contributed by atoms with Crippen molar-refractivity contribution in [3.05, 3.63) is 41.1 Å². The van der Waals surface area contributed by atoms with E-state index in [9.17, 15) is 9.59 Å². The van der Waals surface area contributed by atoms with Crippen molar-refractivity contribution in [3.8, 4) is 0 Å². The van der Waals surface area contributed by atoms with Crippen LogP contribution in [0.1, 0.15) is 0 Å². The largest absolute Gasteiger partial charge is 0.325 e. The van der Waals surface area contributed by atoms with E-state index in [2.05, 4.69) is 25.9 Å². The van der Waals surface area contributed by atoms with E-state index in [0.29, 0.717) is 21.5 Å². The molecule has 0 saturated heterocycles. The maximum Gasteiger partial charge on any atom is 0.258 e. The van der Waals surface area contributed by atoms with E-state index in [1.54, 1.807) is 24.3 Å². The Hall–Kier alpha value is -2.19. The van der Waals surface area contributed by atoms with E-state index < -0.39 is 6.17 Å². The molecule has 2 heterocycles. The molecule has 2 amide bonds. The summed E-state index contributed by atoms with van der Waals surface area (Å²) in [5, 5.41) is 13.8. The smallest absolute Gasteiger partial charge is 0.258 e. The van der Waals surface area contributed by atoms with Crippen molar-refractivity contribution in [2.24, 2.45) is 15.2 Å². The van der Waals surface area contributed by atoms with Crippen LogP contribution in [0.15, 0.2) is 51.3 Å². The number of azo groups is 1. The molecule has 0 fully saturated rings. The van der Waals surface area contributed by atoms with Crippen molar-refractivity contribution in [1.82, 2.24) is 5.32 Å². The van der Waals surface area contributed by atoms with Gasteiger partial charge in [0.1, 0.15) is 0 Å². The van der Waals surface area contributed by atoms with Crippen molar-refractivity contribution >= 4 is 46.0 Å². The minimum atomic E-state index is -0.587. The van der Waals surface area contributed by atoms with E-state index in [4.69, 9.17) is 11.6 Å². The monoisotopic (exact) mass is 335 g/mol. The number of nitrogens with zero attached hydrogens (tertiary/aromatic N) is 3. The SMILES string of the molecule is O=C(CSC1=NC2N=NC=C2C(=O)N1)Nc1ccc(Cl)cc1. The van der Waals surface area contributed by atoms with E-state index in [-0.39, 0.29) is 17.6 Å². The third-order valence-corrected chi connectivity index (χ3v) is 3.98. The molecule has 1 aromatic carbocycles. The first-order valence-electron chi connectivity index (χ1n) is 6.29. The van der Waals surface area contributed by atoms with Gasteiger partial charge in [0.15, 0.2) is 11.3 Å². The fourth-order valence-corrected chi connectivity index (χ4v) is 2.61. The highest BCUT2D eigenvalue weighted by Crippen LogP contribution is 2.22.